The molecule has 1 aliphatic rings. The molecular formula is C13H17N5. The molecule has 3 heterocycles. The molecule has 0 saturated carbocycles. The van der Waals surface area contributed by atoms with Crippen molar-refractivity contribution in [2.45, 2.75) is 25.7 Å². The number of H-pyrrole nitrogens is 1. The Morgan fingerprint density at radius 1 is 1.33 bits per heavy atom. The molecular weight excluding hydrogens is 226 g/mol. The first-order valence-electron chi connectivity index (χ1n) is 6.39. The van der Waals surface area contributed by atoms with E-state index in [9.17, 15) is 0 Å². The van der Waals surface area contributed by atoms with Gasteiger partial charge < -0.3 is 5.32 Å². The summed E-state index contributed by atoms with van der Waals surface area (Å²) in [6, 6.07) is 3.93. The standard InChI is InChI=1S/C13H17N5/c1-9-7-12(11-4-6-15-18-11)17-13(16-9)10-3-2-5-14-8-10/h4,6-7,10,14H,2-3,5,8H2,1H3,(H,15,18)/t10-/m0/s1. The van der Waals surface area contributed by atoms with Gasteiger partial charge in [-0.15, -0.1) is 0 Å². The maximum Gasteiger partial charge on any atom is 0.133 e. The predicted octanol–water partition coefficient (Wildman–Crippen LogP) is 1.64. The first-order chi connectivity index (χ1) is 8.83. The zero-order chi connectivity index (χ0) is 12.4. The van der Waals surface area contributed by atoms with Crippen LogP contribution in [0.1, 0.15) is 30.3 Å². The molecule has 1 fully saturated rings. The quantitative estimate of drug-likeness (QED) is 0.841. The Balaban J connectivity index is 1.95. The van der Waals surface area contributed by atoms with E-state index in [1.54, 1.807) is 6.20 Å². The number of hydrogen-bond donors (Lipinski definition) is 2. The van der Waals surface area contributed by atoms with E-state index in [1.807, 2.05) is 19.1 Å². The van der Waals surface area contributed by atoms with E-state index in [0.29, 0.717) is 5.92 Å². The fourth-order valence-electron chi connectivity index (χ4n) is 2.38. The van der Waals surface area contributed by atoms with Crippen molar-refractivity contribution in [2.24, 2.45) is 0 Å². The summed E-state index contributed by atoms with van der Waals surface area (Å²) in [5.41, 5.74) is 2.89. The average Bonchev–Trinajstić information content (AvgIpc) is 2.93. The third-order valence-electron chi connectivity index (χ3n) is 3.31. The van der Waals surface area contributed by atoms with Crippen molar-refractivity contribution in [3.8, 4) is 11.4 Å². The van der Waals surface area contributed by atoms with Crippen LogP contribution >= 0.6 is 0 Å². The lowest BCUT2D eigenvalue weighted by atomic mass is 9.98. The number of piperidine rings is 1. The second kappa shape index (κ2) is 4.86. The summed E-state index contributed by atoms with van der Waals surface area (Å²) in [6.45, 7) is 4.10. The minimum Gasteiger partial charge on any atom is -0.316 e. The molecule has 0 amide bonds. The Hall–Kier alpha value is -1.75. The number of aryl methyl sites for hydroxylation is 1. The lowest BCUT2D eigenvalue weighted by Crippen LogP contribution is -2.29. The van der Waals surface area contributed by atoms with Gasteiger partial charge >= 0.3 is 0 Å². The van der Waals surface area contributed by atoms with Crippen molar-refractivity contribution in [2.75, 3.05) is 13.1 Å². The molecule has 94 valence electrons. The normalized spacial score (nSPS) is 19.9. The highest BCUT2D eigenvalue weighted by Gasteiger charge is 2.19. The molecule has 2 aromatic heterocycles. The third-order valence-corrected chi connectivity index (χ3v) is 3.31. The molecule has 1 saturated heterocycles. The van der Waals surface area contributed by atoms with Crippen LogP contribution in [0.5, 0.6) is 0 Å². The van der Waals surface area contributed by atoms with Gasteiger partial charge in [-0.3, -0.25) is 5.10 Å². The SMILES string of the molecule is Cc1cc(-c2ccn[nH]2)nc([C@H]2CCCNC2)n1. The van der Waals surface area contributed by atoms with Crippen LogP contribution < -0.4 is 5.32 Å². The molecule has 0 aromatic carbocycles. The van der Waals surface area contributed by atoms with Crippen LogP contribution in [0.25, 0.3) is 11.4 Å². The fourth-order valence-corrected chi connectivity index (χ4v) is 2.38. The maximum atomic E-state index is 4.68. The van der Waals surface area contributed by atoms with Crippen molar-refractivity contribution >= 4 is 0 Å². The largest absolute Gasteiger partial charge is 0.316 e. The average molecular weight is 243 g/mol. The molecule has 0 aliphatic carbocycles. The highest BCUT2D eigenvalue weighted by Crippen LogP contribution is 2.23. The summed E-state index contributed by atoms with van der Waals surface area (Å²) < 4.78 is 0. The zero-order valence-electron chi connectivity index (χ0n) is 10.5. The third kappa shape index (κ3) is 2.26. The van der Waals surface area contributed by atoms with E-state index < -0.39 is 0 Å². The molecule has 0 unspecified atom stereocenters. The number of hydrogen-bond acceptors (Lipinski definition) is 4. The van der Waals surface area contributed by atoms with Crippen molar-refractivity contribution in [1.82, 2.24) is 25.5 Å². The molecule has 5 nitrogen and oxygen atoms in total. The predicted molar refractivity (Wildman–Crippen MR) is 69.2 cm³/mol. The first-order valence-corrected chi connectivity index (χ1v) is 6.39. The van der Waals surface area contributed by atoms with Crippen LogP contribution in [0.4, 0.5) is 0 Å². The van der Waals surface area contributed by atoms with Crippen molar-refractivity contribution in [1.29, 1.82) is 0 Å². The molecule has 0 spiro atoms. The molecule has 1 atom stereocenters. The van der Waals surface area contributed by atoms with E-state index in [4.69, 9.17) is 0 Å². The van der Waals surface area contributed by atoms with Gasteiger partial charge in [0.1, 0.15) is 5.82 Å². The lowest BCUT2D eigenvalue weighted by Gasteiger charge is -2.21. The van der Waals surface area contributed by atoms with Crippen LogP contribution in [-0.4, -0.2) is 33.3 Å². The number of aromatic nitrogens is 4. The van der Waals surface area contributed by atoms with E-state index >= 15 is 0 Å². The molecule has 18 heavy (non-hydrogen) atoms. The monoisotopic (exact) mass is 243 g/mol. The summed E-state index contributed by atoms with van der Waals surface area (Å²) in [5, 5.41) is 10.3. The number of aromatic amines is 1. The fraction of sp³-hybridized carbons (Fsp3) is 0.462. The molecule has 1 aliphatic heterocycles. The molecule has 0 radical (unpaired) electrons. The maximum absolute atomic E-state index is 4.68. The van der Waals surface area contributed by atoms with Crippen LogP contribution in [0.15, 0.2) is 18.3 Å². The van der Waals surface area contributed by atoms with Crippen molar-refractivity contribution in [3.05, 3.63) is 29.8 Å². The Kier molecular flexibility index (Phi) is 3.06. The van der Waals surface area contributed by atoms with Gasteiger partial charge in [-0.2, -0.15) is 5.10 Å². The molecule has 0 bridgehead atoms. The summed E-state index contributed by atoms with van der Waals surface area (Å²) in [5.74, 6) is 1.38. The smallest absolute Gasteiger partial charge is 0.133 e. The number of nitrogens with zero attached hydrogens (tertiary/aromatic N) is 3. The second-order valence-corrected chi connectivity index (χ2v) is 4.77. The van der Waals surface area contributed by atoms with E-state index in [2.05, 4.69) is 25.5 Å². The van der Waals surface area contributed by atoms with Gasteiger partial charge in [-0.25, -0.2) is 9.97 Å². The zero-order valence-corrected chi connectivity index (χ0v) is 10.5. The number of nitrogens with one attached hydrogen (secondary N) is 2. The van der Waals surface area contributed by atoms with Gasteiger partial charge in [-0.1, -0.05) is 0 Å². The van der Waals surface area contributed by atoms with Crippen LogP contribution in [0.3, 0.4) is 0 Å². The summed E-state index contributed by atoms with van der Waals surface area (Å²) in [4.78, 5) is 9.26. The number of rotatable bonds is 2. The molecule has 3 rings (SSSR count). The first kappa shape index (κ1) is 11.3. The molecule has 2 N–H and O–H groups in total. The Labute approximate surface area is 106 Å². The van der Waals surface area contributed by atoms with Gasteiger partial charge in [-0.05, 0) is 38.4 Å². The topological polar surface area (TPSA) is 66.5 Å². The highest BCUT2D eigenvalue weighted by atomic mass is 15.1. The summed E-state index contributed by atoms with van der Waals surface area (Å²) >= 11 is 0. The van der Waals surface area contributed by atoms with Gasteiger partial charge in [0.15, 0.2) is 0 Å². The van der Waals surface area contributed by atoms with Crippen LogP contribution in [0.2, 0.25) is 0 Å². The van der Waals surface area contributed by atoms with Gasteiger partial charge in [0.25, 0.3) is 0 Å². The lowest BCUT2D eigenvalue weighted by molar-refractivity contribution is 0.446. The Morgan fingerprint density at radius 2 is 2.28 bits per heavy atom. The minimum absolute atomic E-state index is 0.431. The summed E-state index contributed by atoms with van der Waals surface area (Å²) in [7, 11) is 0. The molecule has 2 aromatic rings. The van der Waals surface area contributed by atoms with Crippen LogP contribution in [0, 0.1) is 6.92 Å². The highest BCUT2D eigenvalue weighted by molar-refractivity contribution is 5.53. The van der Waals surface area contributed by atoms with Gasteiger partial charge in [0, 0.05) is 24.4 Å². The van der Waals surface area contributed by atoms with Gasteiger partial charge in [0.2, 0.25) is 0 Å². The van der Waals surface area contributed by atoms with Crippen LogP contribution in [-0.2, 0) is 0 Å². The van der Waals surface area contributed by atoms with Crippen molar-refractivity contribution < 1.29 is 0 Å². The summed E-state index contributed by atoms with van der Waals surface area (Å²) in [6.07, 6.45) is 4.11. The van der Waals surface area contributed by atoms with Gasteiger partial charge in [0.05, 0.1) is 11.4 Å². The van der Waals surface area contributed by atoms with E-state index in [0.717, 1.165) is 36.0 Å². The van der Waals surface area contributed by atoms with Crippen molar-refractivity contribution in [3.63, 3.8) is 0 Å². The van der Waals surface area contributed by atoms with E-state index in [-0.39, 0.29) is 0 Å². The Morgan fingerprint density at radius 3 is 3.00 bits per heavy atom. The second-order valence-electron chi connectivity index (χ2n) is 4.77. The Bertz CT molecular complexity index is 514. The molecule has 5 heteroatoms. The minimum atomic E-state index is 0.431. The van der Waals surface area contributed by atoms with E-state index in [1.165, 1.54) is 12.8 Å².